The summed E-state index contributed by atoms with van der Waals surface area (Å²) >= 11 is 0. The third-order valence-electron chi connectivity index (χ3n) is 3.21. The van der Waals surface area contributed by atoms with Crippen LogP contribution < -0.4 is 11.1 Å². The maximum atomic E-state index is 11.2. The summed E-state index contributed by atoms with van der Waals surface area (Å²) in [5.74, 6) is 0.643. The van der Waals surface area contributed by atoms with Crippen LogP contribution in [0.15, 0.2) is 12.3 Å². The van der Waals surface area contributed by atoms with Crippen LogP contribution in [0.3, 0.4) is 0 Å². The molecule has 1 saturated heterocycles. The number of piperidine rings is 1. The lowest BCUT2D eigenvalue weighted by molar-refractivity contribution is -0.122. The molecular weight excluding hydrogens is 218 g/mol. The first-order chi connectivity index (χ1) is 8.19. The van der Waals surface area contributed by atoms with E-state index in [9.17, 15) is 4.79 Å². The fourth-order valence-corrected chi connectivity index (χ4v) is 2.18. The number of nitrogens with zero attached hydrogens (tertiary/aromatic N) is 3. The van der Waals surface area contributed by atoms with Crippen molar-refractivity contribution in [3.8, 4) is 0 Å². The predicted octanol–water partition coefficient (Wildman–Crippen LogP) is -0.152. The molecule has 0 atom stereocenters. The maximum Gasteiger partial charge on any atom is 0.233 e. The number of likely N-dealkylation sites (N-methyl/N-ethyl adjacent to an activating group) is 1. The zero-order chi connectivity index (χ0) is 12.3. The predicted molar refractivity (Wildman–Crippen MR) is 65.4 cm³/mol. The van der Waals surface area contributed by atoms with Gasteiger partial charge in [-0.1, -0.05) is 0 Å². The fraction of sp³-hybridized carbons (Fsp3) is 0.636. The molecular formula is C11H19N5O. The van der Waals surface area contributed by atoms with Gasteiger partial charge in [0.25, 0.3) is 0 Å². The van der Waals surface area contributed by atoms with Crippen molar-refractivity contribution in [3.63, 3.8) is 0 Å². The van der Waals surface area contributed by atoms with Crippen molar-refractivity contribution in [2.75, 3.05) is 32.4 Å². The molecule has 6 nitrogen and oxygen atoms in total. The van der Waals surface area contributed by atoms with Crippen LogP contribution in [-0.4, -0.2) is 47.3 Å². The number of rotatable bonds is 3. The number of amides is 1. The number of nitrogens with two attached hydrogens (primary N) is 1. The second-order valence-corrected chi connectivity index (χ2v) is 4.40. The van der Waals surface area contributed by atoms with Gasteiger partial charge in [0.1, 0.15) is 5.82 Å². The van der Waals surface area contributed by atoms with Gasteiger partial charge in [0, 0.05) is 26.3 Å². The first kappa shape index (κ1) is 11.9. The third-order valence-corrected chi connectivity index (χ3v) is 3.21. The summed E-state index contributed by atoms with van der Waals surface area (Å²) < 4.78 is 1.94. The highest BCUT2D eigenvalue weighted by atomic mass is 16.1. The Labute approximate surface area is 101 Å². The third kappa shape index (κ3) is 2.97. The van der Waals surface area contributed by atoms with Gasteiger partial charge in [-0.2, -0.15) is 5.10 Å². The second kappa shape index (κ2) is 5.18. The average molecular weight is 237 g/mol. The molecule has 2 rings (SSSR count). The highest BCUT2D eigenvalue weighted by Crippen LogP contribution is 2.21. The number of carbonyl (C=O) groups is 1. The van der Waals surface area contributed by atoms with E-state index in [4.69, 9.17) is 5.73 Å². The van der Waals surface area contributed by atoms with Crippen LogP contribution >= 0.6 is 0 Å². The van der Waals surface area contributed by atoms with Gasteiger partial charge in [0.05, 0.1) is 12.6 Å². The number of hydrogen-bond donors (Lipinski definition) is 2. The van der Waals surface area contributed by atoms with Crippen LogP contribution in [0, 0.1) is 0 Å². The summed E-state index contributed by atoms with van der Waals surface area (Å²) in [5.41, 5.74) is 5.60. The molecule has 2 heterocycles. The van der Waals surface area contributed by atoms with Crippen LogP contribution in [0.5, 0.6) is 0 Å². The minimum atomic E-state index is 0.0757. The monoisotopic (exact) mass is 237 g/mol. The van der Waals surface area contributed by atoms with Crippen molar-refractivity contribution in [3.05, 3.63) is 12.3 Å². The highest BCUT2D eigenvalue weighted by molar-refractivity contribution is 5.77. The van der Waals surface area contributed by atoms with Crippen LogP contribution in [0.2, 0.25) is 0 Å². The topological polar surface area (TPSA) is 76.2 Å². The van der Waals surface area contributed by atoms with E-state index in [-0.39, 0.29) is 5.91 Å². The summed E-state index contributed by atoms with van der Waals surface area (Å²) in [6.45, 7) is 2.35. The lowest BCUT2D eigenvalue weighted by Gasteiger charge is -2.31. The van der Waals surface area contributed by atoms with Crippen molar-refractivity contribution in [2.45, 2.75) is 18.9 Å². The summed E-state index contributed by atoms with van der Waals surface area (Å²) in [7, 11) is 1.67. The van der Waals surface area contributed by atoms with Crippen LogP contribution in [0.25, 0.3) is 0 Å². The van der Waals surface area contributed by atoms with Gasteiger partial charge in [-0.3, -0.25) is 14.4 Å². The molecule has 0 saturated carbocycles. The molecule has 1 aromatic rings. The Morgan fingerprint density at radius 1 is 1.59 bits per heavy atom. The molecule has 6 heteroatoms. The molecule has 1 aliphatic rings. The SMILES string of the molecule is CNC(=O)CN1CCC(n2ccc(N)n2)CC1. The van der Waals surface area contributed by atoms with E-state index in [1.165, 1.54) is 0 Å². The number of nitrogen functional groups attached to an aromatic ring is 1. The summed E-state index contributed by atoms with van der Waals surface area (Å²) in [5, 5.41) is 6.88. The van der Waals surface area contributed by atoms with Crippen molar-refractivity contribution in [1.82, 2.24) is 20.0 Å². The smallest absolute Gasteiger partial charge is 0.233 e. The number of likely N-dealkylation sites (tertiary alicyclic amines) is 1. The maximum absolute atomic E-state index is 11.2. The Balaban J connectivity index is 1.84. The lowest BCUT2D eigenvalue weighted by atomic mass is 10.1. The molecule has 0 bridgehead atoms. The van der Waals surface area contributed by atoms with Crippen molar-refractivity contribution in [1.29, 1.82) is 0 Å². The molecule has 0 aliphatic carbocycles. The first-order valence-electron chi connectivity index (χ1n) is 5.92. The summed E-state index contributed by atoms with van der Waals surface area (Å²) in [4.78, 5) is 13.4. The average Bonchev–Trinajstić information content (AvgIpc) is 2.77. The minimum Gasteiger partial charge on any atom is -0.382 e. The standard InChI is InChI=1S/C11H19N5O/c1-13-11(17)8-15-5-2-9(3-6-15)16-7-4-10(12)14-16/h4,7,9H,2-3,5-6,8H2,1H3,(H2,12,14)(H,13,17). The number of nitrogens with one attached hydrogen (secondary N) is 1. The lowest BCUT2D eigenvalue weighted by Crippen LogP contribution is -2.41. The highest BCUT2D eigenvalue weighted by Gasteiger charge is 2.21. The Morgan fingerprint density at radius 3 is 2.82 bits per heavy atom. The van der Waals surface area contributed by atoms with E-state index in [2.05, 4.69) is 15.3 Å². The van der Waals surface area contributed by atoms with Gasteiger partial charge < -0.3 is 11.1 Å². The van der Waals surface area contributed by atoms with Crippen LogP contribution in [0.4, 0.5) is 5.82 Å². The molecule has 1 amide bonds. The van der Waals surface area contributed by atoms with Gasteiger partial charge in [-0.25, -0.2) is 0 Å². The number of aromatic nitrogens is 2. The number of hydrogen-bond acceptors (Lipinski definition) is 4. The van der Waals surface area contributed by atoms with E-state index in [0.717, 1.165) is 25.9 Å². The quantitative estimate of drug-likeness (QED) is 0.766. The fourth-order valence-electron chi connectivity index (χ4n) is 2.18. The van der Waals surface area contributed by atoms with Gasteiger partial charge in [-0.15, -0.1) is 0 Å². The molecule has 94 valence electrons. The zero-order valence-electron chi connectivity index (χ0n) is 10.1. The van der Waals surface area contributed by atoms with Gasteiger partial charge in [-0.05, 0) is 18.9 Å². The van der Waals surface area contributed by atoms with E-state index in [0.29, 0.717) is 18.4 Å². The Bertz CT molecular complexity index is 381. The molecule has 0 aromatic carbocycles. The second-order valence-electron chi connectivity index (χ2n) is 4.40. The van der Waals surface area contributed by atoms with Crippen LogP contribution in [-0.2, 0) is 4.79 Å². The molecule has 0 radical (unpaired) electrons. The molecule has 1 aromatic heterocycles. The molecule has 1 aliphatic heterocycles. The molecule has 0 spiro atoms. The Kier molecular flexibility index (Phi) is 3.63. The van der Waals surface area contributed by atoms with E-state index >= 15 is 0 Å². The normalized spacial score (nSPS) is 18.2. The summed E-state index contributed by atoms with van der Waals surface area (Å²) in [6, 6.07) is 2.23. The zero-order valence-corrected chi connectivity index (χ0v) is 10.1. The Hall–Kier alpha value is -1.56. The molecule has 3 N–H and O–H groups in total. The Morgan fingerprint density at radius 2 is 2.29 bits per heavy atom. The van der Waals surface area contributed by atoms with Crippen molar-refractivity contribution < 1.29 is 4.79 Å². The van der Waals surface area contributed by atoms with Gasteiger partial charge >= 0.3 is 0 Å². The van der Waals surface area contributed by atoms with E-state index in [1.54, 1.807) is 7.05 Å². The summed E-state index contributed by atoms with van der Waals surface area (Å²) in [6.07, 6.45) is 3.95. The minimum absolute atomic E-state index is 0.0757. The van der Waals surface area contributed by atoms with Crippen molar-refractivity contribution >= 4 is 11.7 Å². The number of carbonyl (C=O) groups excluding carboxylic acids is 1. The molecule has 17 heavy (non-hydrogen) atoms. The van der Waals surface area contributed by atoms with Gasteiger partial charge in [0.15, 0.2) is 0 Å². The molecule has 0 unspecified atom stereocenters. The van der Waals surface area contributed by atoms with E-state index in [1.807, 2.05) is 16.9 Å². The molecule has 1 fully saturated rings. The van der Waals surface area contributed by atoms with E-state index < -0.39 is 0 Å². The van der Waals surface area contributed by atoms with Crippen LogP contribution in [0.1, 0.15) is 18.9 Å². The van der Waals surface area contributed by atoms with Gasteiger partial charge in [0.2, 0.25) is 5.91 Å². The van der Waals surface area contributed by atoms with Crippen molar-refractivity contribution in [2.24, 2.45) is 0 Å². The largest absolute Gasteiger partial charge is 0.382 e. The number of anilines is 1. The first-order valence-corrected chi connectivity index (χ1v) is 5.92.